The number of rotatable bonds is 26. The highest BCUT2D eigenvalue weighted by Crippen LogP contribution is 2.15. The highest BCUT2D eigenvalue weighted by atomic mass is 32.3. The Labute approximate surface area is 195 Å². The smallest absolute Gasteiger partial charge is 0.217 e. The van der Waals surface area contributed by atoms with Crippen LogP contribution in [0.5, 0.6) is 0 Å². The first kappa shape index (κ1) is 30.9. The monoisotopic (exact) mass is 461 g/mol. The van der Waals surface area contributed by atoms with Crippen molar-refractivity contribution in [2.75, 3.05) is 6.61 Å². The van der Waals surface area contributed by atoms with Gasteiger partial charge in [-0.2, -0.15) is 0 Å². The van der Waals surface area contributed by atoms with Crippen LogP contribution in [0.4, 0.5) is 0 Å². The first-order valence-electron chi connectivity index (χ1n) is 13.7. The van der Waals surface area contributed by atoms with Crippen molar-refractivity contribution in [3.05, 3.63) is 0 Å². The van der Waals surface area contributed by atoms with Gasteiger partial charge in [0.05, 0.1) is 6.61 Å². The predicted octanol–water partition coefficient (Wildman–Crippen LogP) is 8.85. The van der Waals surface area contributed by atoms with Crippen LogP contribution in [-0.4, -0.2) is 19.6 Å². The van der Waals surface area contributed by atoms with E-state index in [4.69, 9.17) is 0 Å². The van der Waals surface area contributed by atoms with Gasteiger partial charge >= 0.3 is 0 Å². The van der Waals surface area contributed by atoms with Gasteiger partial charge in [-0.05, 0) is 6.42 Å². The van der Waals surface area contributed by atoms with E-state index in [1.54, 1.807) is 0 Å². The van der Waals surface area contributed by atoms with E-state index in [0.717, 1.165) is 12.8 Å². The molecule has 0 aromatic carbocycles. The Morgan fingerprint density at radius 1 is 0.452 bits per heavy atom. The second-order valence-electron chi connectivity index (χ2n) is 9.36. The third-order valence-electron chi connectivity index (χ3n) is 6.23. The number of hydrogen-bond donors (Lipinski definition) is 0. The Hall–Kier alpha value is -0.130. The molecule has 0 saturated heterocycles. The largest absolute Gasteiger partial charge is 0.726 e. The van der Waals surface area contributed by atoms with Crippen molar-refractivity contribution < 1.29 is 17.2 Å². The first-order valence-corrected chi connectivity index (χ1v) is 15.0. The molecule has 0 heterocycles. The molecule has 0 unspecified atom stereocenters. The Bertz CT molecular complexity index is 437. The van der Waals surface area contributed by atoms with Gasteiger partial charge in [-0.3, -0.25) is 4.18 Å². The maximum Gasteiger partial charge on any atom is 0.217 e. The van der Waals surface area contributed by atoms with Crippen molar-refractivity contribution in [2.45, 2.75) is 161 Å². The van der Waals surface area contributed by atoms with Crippen LogP contribution in [0.3, 0.4) is 0 Å². The van der Waals surface area contributed by atoms with Gasteiger partial charge in [-0.1, -0.05) is 155 Å². The van der Waals surface area contributed by atoms with Crippen molar-refractivity contribution in [3.63, 3.8) is 0 Å². The Morgan fingerprint density at radius 2 is 0.677 bits per heavy atom. The summed E-state index contributed by atoms with van der Waals surface area (Å²) in [6.45, 7) is 2.32. The van der Waals surface area contributed by atoms with Crippen LogP contribution in [0.2, 0.25) is 0 Å². The molecule has 4 nitrogen and oxygen atoms in total. The molecule has 0 fully saturated rings. The van der Waals surface area contributed by atoms with Crippen molar-refractivity contribution in [3.8, 4) is 0 Å². The van der Waals surface area contributed by atoms with E-state index in [-0.39, 0.29) is 6.61 Å². The molecule has 0 aliphatic rings. The quantitative estimate of drug-likeness (QED) is 0.0732. The average Bonchev–Trinajstić information content (AvgIpc) is 2.73. The van der Waals surface area contributed by atoms with Gasteiger partial charge in [0.2, 0.25) is 10.4 Å². The molecule has 0 spiro atoms. The van der Waals surface area contributed by atoms with Gasteiger partial charge in [0.1, 0.15) is 0 Å². The Morgan fingerprint density at radius 3 is 0.903 bits per heavy atom. The highest BCUT2D eigenvalue weighted by Gasteiger charge is 1.97. The molecule has 0 aromatic rings. The Balaban J connectivity index is 3.04. The van der Waals surface area contributed by atoms with E-state index in [0.29, 0.717) is 6.42 Å². The fraction of sp³-hybridized carbons (Fsp3) is 1.00. The van der Waals surface area contributed by atoms with E-state index in [2.05, 4.69) is 11.1 Å². The summed E-state index contributed by atoms with van der Waals surface area (Å²) >= 11 is 0. The lowest BCUT2D eigenvalue weighted by Crippen LogP contribution is -2.05. The molecule has 5 heteroatoms. The average molecular weight is 462 g/mol. The summed E-state index contributed by atoms with van der Waals surface area (Å²) in [6, 6.07) is 0. The molecule has 0 bridgehead atoms. The van der Waals surface area contributed by atoms with E-state index < -0.39 is 10.4 Å². The van der Waals surface area contributed by atoms with Crippen LogP contribution in [0.1, 0.15) is 161 Å². The molecular weight excluding hydrogens is 408 g/mol. The topological polar surface area (TPSA) is 66.4 Å². The van der Waals surface area contributed by atoms with Gasteiger partial charge in [0, 0.05) is 0 Å². The van der Waals surface area contributed by atoms with Crippen LogP contribution in [0, 0.1) is 0 Å². The highest BCUT2D eigenvalue weighted by molar-refractivity contribution is 7.80. The molecule has 0 aromatic heterocycles. The van der Waals surface area contributed by atoms with E-state index >= 15 is 0 Å². The maximum atomic E-state index is 10.3. The number of unbranched alkanes of at least 4 members (excludes halogenated alkanes) is 23. The summed E-state index contributed by atoms with van der Waals surface area (Å²) in [4.78, 5) is 0. The lowest BCUT2D eigenvalue weighted by molar-refractivity contribution is 0.255. The molecule has 0 rings (SSSR count). The predicted molar refractivity (Wildman–Crippen MR) is 132 cm³/mol. The molecule has 31 heavy (non-hydrogen) atoms. The van der Waals surface area contributed by atoms with Crippen LogP contribution in [0.25, 0.3) is 0 Å². The van der Waals surface area contributed by atoms with Gasteiger partial charge in [-0.25, -0.2) is 8.42 Å². The minimum Gasteiger partial charge on any atom is -0.726 e. The third-order valence-corrected chi connectivity index (χ3v) is 6.68. The molecule has 0 saturated carbocycles. The van der Waals surface area contributed by atoms with Gasteiger partial charge < -0.3 is 4.55 Å². The lowest BCUT2D eigenvalue weighted by Gasteiger charge is -2.07. The minimum atomic E-state index is -4.50. The fourth-order valence-electron chi connectivity index (χ4n) is 4.23. The van der Waals surface area contributed by atoms with Crippen LogP contribution in [-0.2, 0) is 14.6 Å². The molecule has 0 N–H and O–H groups in total. The van der Waals surface area contributed by atoms with E-state index in [1.165, 1.54) is 135 Å². The van der Waals surface area contributed by atoms with Crippen LogP contribution < -0.4 is 0 Å². The van der Waals surface area contributed by atoms with Gasteiger partial charge in [-0.15, -0.1) is 0 Å². The molecule has 188 valence electrons. The summed E-state index contributed by atoms with van der Waals surface area (Å²) in [5.41, 5.74) is 0. The zero-order valence-electron chi connectivity index (χ0n) is 20.7. The summed E-state index contributed by atoms with van der Waals surface area (Å²) in [5.74, 6) is 0. The summed E-state index contributed by atoms with van der Waals surface area (Å²) < 4.78 is 35.0. The minimum absolute atomic E-state index is 0.0328. The Kier molecular flexibility index (Phi) is 24.4. The van der Waals surface area contributed by atoms with Crippen LogP contribution >= 0.6 is 0 Å². The molecule has 0 aliphatic heterocycles. The molecule has 0 atom stereocenters. The van der Waals surface area contributed by atoms with E-state index in [9.17, 15) is 13.0 Å². The summed E-state index contributed by atoms with van der Waals surface area (Å²) in [5, 5.41) is 0. The van der Waals surface area contributed by atoms with E-state index in [1.807, 2.05) is 0 Å². The van der Waals surface area contributed by atoms with Gasteiger partial charge in [0.15, 0.2) is 0 Å². The van der Waals surface area contributed by atoms with Crippen molar-refractivity contribution in [1.29, 1.82) is 0 Å². The second-order valence-corrected chi connectivity index (χ2v) is 10.4. The zero-order chi connectivity index (χ0) is 22.9. The molecule has 0 radical (unpaired) electrons. The third kappa shape index (κ3) is 29.9. The second kappa shape index (κ2) is 24.5. The normalized spacial score (nSPS) is 11.9. The molecular formula is C26H53O4S-. The van der Waals surface area contributed by atoms with Crippen LogP contribution in [0.15, 0.2) is 0 Å². The lowest BCUT2D eigenvalue weighted by atomic mass is 10.0. The summed E-state index contributed by atoms with van der Waals surface area (Å²) in [6.07, 6.45) is 32.1. The van der Waals surface area contributed by atoms with Crippen molar-refractivity contribution in [1.82, 2.24) is 0 Å². The van der Waals surface area contributed by atoms with Crippen molar-refractivity contribution in [2.24, 2.45) is 0 Å². The fourth-order valence-corrected chi connectivity index (χ4v) is 4.55. The van der Waals surface area contributed by atoms with Crippen molar-refractivity contribution >= 4 is 10.4 Å². The standard InChI is InChI=1S/C26H54O4S/c1-2-3-4-5-6-7-8-9-10-11-12-13-14-15-16-17-18-19-20-21-22-23-24-25-26-30-31(27,28)29/h2-26H2,1H3,(H,27,28,29)/p-1. The zero-order valence-corrected chi connectivity index (χ0v) is 21.5. The maximum absolute atomic E-state index is 10.3. The van der Waals surface area contributed by atoms with Gasteiger partial charge in [0.25, 0.3) is 0 Å². The first-order chi connectivity index (χ1) is 15.1. The SMILES string of the molecule is CCCCCCCCCCCCCCCCCCCCCCCCCCOS(=O)(=O)[O-]. The number of hydrogen-bond acceptors (Lipinski definition) is 4. The molecule has 0 aliphatic carbocycles. The summed E-state index contributed by atoms with van der Waals surface area (Å²) in [7, 11) is -4.50. The molecule has 0 amide bonds.